The molecular formula is C12H25N5O. The summed E-state index contributed by atoms with van der Waals surface area (Å²) in [6, 6.07) is 0.478. The lowest BCUT2D eigenvalue weighted by Gasteiger charge is -2.35. The van der Waals surface area contributed by atoms with Crippen molar-refractivity contribution < 1.29 is 4.79 Å². The maximum Gasteiger partial charge on any atom is 0.221 e. The number of carbonyl (C=O) groups is 1. The van der Waals surface area contributed by atoms with Crippen LogP contribution in [0.15, 0.2) is 0 Å². The molecule has 4 N–H and O–H groups in total. The Bertz CT molecular complexity index is 274. The molecule has 0 radical (unpaired) electrons. The molecule has 2 fully saturated rings. The smallest absolute Gasteiger partial charge is 0.221 e. The molecule has 0 bridgehead atoms. The molecule has 1 amide bonds. The quantitative estimate of drug-likeness (QED) is 0.552. The van der Waals surface area contributed by atoms with Crippen LogP contribution in [0.5, 0.6) is 0 Å². The summed E-state index contributed by atoms with van der Waals surface area (Å²) in [5.41, 5.74) is 9.10. The fourth-order valence-electron chi connectivity index (χ4n) is 2.11. The van der Waals surface area contributed by atoms with Gasteiger partial charge < -0.3 is 16.0 Å². The van der Waals surface area contributed by atoms with Crippen molar-refractivity contribution in [2.24, 2.45) is 5.73 Å². The highest BCUT2D eigenvalue weighted by Gasteiger charge is 2.25. The van der Waals surface area contributed by atoms with E-state index in [2.05, 4.69) is 27.7 Å². The van der Waals surface area contributed by atoms with E-state index in [0.29, 0.717) is 19.0 Å². The third kappa shape index (κ3) is 4.53. The number of nitrogens with two attached hydrogens (primary N) is 1. The van der Waals surface area contributed by atoms with Gasteiger partial charge in [-0.15, -0.1) is 0 Å². The van der Waals surface area contributed by atoms with Crippen LogP contribution in [0, 0.1) is 0 Å². The maximum absolute atomic E-state index is 11.7. The van der Waals surface area contributed by atoms with E-state index in [4.69, 9.17) is 5.73 Å². The van der Waals surface area contributed by atoms with Crippen LogP contribution < -0.4 is 16.5 Å². The van der Waals surface area contributed by atoms with E-state index < -0.39 is 0 Å². The van der Waals surface area contributed by atoms with Crippen molar-refractivity contribution in [1.29, 1.82) is 0 Å². The molecule has 1 aliphatic carbocycles. The fraction of sp³-hybridized carbons (Fsp3) is 0.917. The number of likely N-dealkylation sites (N-methyl/N-ethyl adjacent to an activating group) is 1. The van der Waals surface area contributed by atoms with Gasteiger partial charge in [-0.25, -0.2) is 5.01 Å². The lowest BCUT2D eigenvalue weighted by atomic mass is 10.2. The molecule has 1 aliphatic heterocycles. The number of carbonyl (C=O) groups excluding carboxylic acids is 1. The van der Waals surface area contributed by atoms with Crippen LogP contribution in [-0.4, -0.2) is 67.7 Å². The maximum atomic E-state index is 11.7. The molecule has 1 saturated heterocycles. The number of hydrogen-bond donors (Lipinski definition) is 3. The van der Waals surface area contributed by atoms with Crippen molar-refractivity contribution in [1.82, 2.24) is 20.7 Å². The lowest BCUT2D eigenvalue weighted by Crippen LogP contribution is -2.56. The molecule has 6 heteroatoms. The molecule has 18 heavy (non-hydrogen) atoms. The minimum atomic E-state index is 0.0483. The molecule has 1 unspecified atom stereocenters. The van der Waals surface area contributed by atoms with Gasteiger partial charge in [0.25, 0.3) is 0 Å². The number of nitrogens with zero attached hydrogens (tertiary/aromatic N) is 2. The van der Waals surface area contributed by atoms with Crippen LogP contribution in [0.1, 0.15) is 19.3 Å². The zero-order valence-electron chi connectivity index (χ0n) is 11.2. The van der Waals surface area contributed by atoms with E-state index in [0.717, 1.165) is 39.0 Å². The Hall–Kier alpha value is -0.690. The Labute approximate surface area is 109 Å². The molecule has 1 heterocycles. The third-order valence-electron chi connectivity index (χ3n) is 3.53. The van der Waals surface area contributed by atoms with Crippen LogP contribution in [0.4, 0.5) is 0 Å². The second-order valence-corrected chi connectivity index (χ2v) is 5.40. The van der Waals surface area contributed by atoms with Gasteiger partial charge in [0, 0.05) is 51.2 Å². The minimum Gasteiger partial charge on any atom is -0.353 e. The molecule has 0 aromatic rings. The minimum absolute atomic E-state index is 0.0483. The van der Waals surface area contributed by atoms with Gasteiger partial charge in [-0.2, -0.15) is 0 Å². The van der Waals surface area contributed by atoms with E-state index in [1.54, 1.807) is 0 Å². The van der Waals surface area contributed by atoms with Crippen molar-refractivity contribution in [3.8, 4) is 0 Å². The zero-order chi connectivity index (χ0) is 13.0. The fourth-order valence-corrected chi connectivity index (χ4v) is 2.11. The van der Waals surface area contributed by atoms with Crippen LogP contribution in [-0.2, 0) is 4.79 Å². The van der Waals surface area contributed by atoms with Gasteiger partial charge in [0.1, 0.15) is 0 Å². The molecule has 0 aromatic carbocycles. The zero-order valence-corrected chi connectivity index (χ0v) is 11.2. The second kappa shape index (κ2) is 6.47. The molecule has 6 nitrogen and oxygen atoms in total. The Kier molecular flexibility index (Phi) is 4.94. The van der Waals surface area contributed by atoms with Crippen molar-refractivity contribution >= 4 is 5.91 Å². The molecule has 2 rings (SSSR count). The highest BCUT2D eigenvalue weighted by molar-refractivity contribution is 5.77. The Morgan fingerprint density at radius 2 is 2.00 bits per heavy atom. The normalized spacial score (nSPS) is 23.9. The average Bonchev–Trinajstić information content (AvgIpc) is 3.15. The lowest BCUT2D eigenvalue weighted by molar-refractivity contribution is -0.122. The topological polar surface area (TPSA) is 73.6 Å². The largest absolute Gasteiger partial charge is 0.353 e. The first kappa shape index (κ1) is 13.7. The van der Waals surface area contributed by atoms with Gasteiger partial charge >= 0.3 is 0 Å². The molecular weight excluding hydrogens is 230 g/mol. The summed E-state index contributed by atoms with van der Waals surface area (Å²) in [6.45, 7) is 4.57. The van der Waals surface area contributed by atoms with Crippen molar-refractivity contribution in [2.45, 2.75) is 31.3 Å². The summed E-state index contributed by atoms with van der Waals surface area (Å²) < 4.78 is 0. The third-order valence-corrected chi connectivity index (χ3v) is 3.53. The van der Waals surface area contributed by atoms with Crippen LogP contribution in [0.3, 0.4) is 0 Å². The van der Waals surface area contributed by atoms with Crippen LogP contribution in [0.2, 0.25) is 0 Å². The highest BCUT2D eigenvalue weighted by Crippen LogP contribution is 2.18. The first-order valence-corrected chi connectivity index (χ1v) is 6.86. The summed E-state index contributed by atoms with van der Waals surface area (Å²) in [6.07, 6.45) is 2.73. The molecule has 104 valence electrons. The number of hydrogen-bond acceptors (Lipinski definition) is 5. The predicted molar refractivity (Wildman–Crippen MR) is 70.8 cm³/mol. The molecule has 0 spiro atoms. The summed E-state index contributed by atoms with van der Waals surface area (Å²) >= 11 is 0. The highest BCUT2D eigenvalue weighted by atomic mass is 16.1. The Morgan fingerprint density at radius 1 is 1.33 bits per heavy atom. The number of nitrogens with one attached hydrogen (secondary N) is 2. The van der Waals surface area contributed by atoms with Gasteiger partial charge in [0.15, 0.2) is 0 Å². The Morgan fingerprint density at radius 3 is 2.56 bits per heavy atom. The summed E-state index contributed by atoms with van der Waals surface area (Å²) in [4.78, 5) is 14.0. The molecule has 0 aromatic heterocycles. The van der Waals surface area contributed by atoms with E-state index in [9.17, 15) is 4.79 Å². The summed E-state index contributed by atoms with van der Waals surface area (Å²) in [7, 11) is 2.13. The first-order chi connectivity index (χ1) is 8.67. The van der Waals surface area contributed by atoms with Crippen LogP contribution in [0.25, 0.3) is 0 Å². The molecule has 2 aliphatic rings. The number of piperazine rings is 1. The van der Waals surface area contributed by atoms with Gasteiger partial charge in [0.05, 0.1) is 0 Å². The Balaban J connectivity index is 1.68. The van der Waals surface area contributed by atoms with E-state index in [1.807, 2.05) is 0 Å². The first-order valence-electron chi connectivity index (χ1n) is 6.86. The van der Waals surface area contributed by atoms with Crippen molar-refractivity contribution in [2.75, 3.05) is 39.8 Å². The van der Waals surface area contributed by atoms with Crippen molar-refractivity contribution in [3.05, 3.63) is 0 Å². The van der Waals surface area contributed by atoms with Crippen molar-refractivity contribution in [3.63, 3.8) is 0 Å². The molecule has 1 atom stereocenters. The van der Waals surface area contributed by atoms with Gasteiger partial charge in [-0.1, -0.05) is 0 Å². The number of amides is 1. The number of rotatable bonds is 6. The number of hydrazine groups is 1. The SMILES string of the molecule is CN1CCN(NC(CN)CC(=O)NC2CC2)CC1. The van der Waals surface area contributed by atoms with E-state index >= 15 is 0 Å². The van der Waals surface area contributed by atoms with E-state index in [-0.39, 0.29) is 11.9 Å². The second-order valence-electron chi connectivity index (χ2n) is 5.40. The van der Waals surface area contributed by atoms with Gasteiger partial charge in [0.2, 0.25) is 5.91 Å². The summed E-state index contributed by atoms with van der Waals surface area (Å²) in [5.74, 6) is 0.120. The van der Waals surface area contributed by atoms with Crippen LogP contribution >= 0.6 is 0 Å². The van der Waals surface area contributed by atoms with Gasteiger partial charge in [-0.3, -0.25) is 10.2 Å². The standard InChI is InChI=1S/C12H25N5O/c1-16-4-6-17(7-5-16)15-11(9-13)8-12(18)14-10-2-3-10/h10-11,15H,2-9,13H2,1H3,(H,14,18). The van der Waals surface area contributed by atoms with E-state index in [1.165, 1.54) is 0 Å². The van der Waals surface area contributed by atoms with Gasteiger partial charge in [-0.05, 0) is 19.9 Å². The summed E-state index contributed by atoms with van der Waals surface area (Å²) in [5, 5.41) is 5.18. The predicted octanol–water partition coefficient (Wildman–Crippen LogP) is -1.27. The molecule has 1 saturated carbocycles. The average molecular weight is 255 g/mol. The monoisotopic (exact) mass is 255 g/mol.